The third-order valence-electron chi connectivity index (χ3n) is 6.84. The van der Waals surface area contributed by atoms with Gasteiger partial charge in [0.05, 0.1) is 18.5 Å². The van der Waals surface area contributed by atoms with E-state index < -0.39 is 0 Å². The molecule has 2 aliphatic heterocycles. The van der Waals surface area contributed by atoms with Gasteiger partial charge >= 0.3 is 16.5 Å². The van der Waals surface area contributed by atoms with Crippen LogP contribution in [0.4, 0.5) is 0 Å². The molecule has 0 saturated carbocycles. The van der Waals surface area contributed by atoms with Gasteiger partial charge in [0.1, 0.15) is 11.2 Å². The van der Waals surface area contributed by atoms with Gasteiger partial charge in [-0.1, -0.05) is 81.1 Å². The quantitative estimate of drug-likeness (QED) is 0.269. The Morgan fingerprint density at radius 2 is 0.941 bits per heavy atom. The monoisotopic (exact) mass is 650 g/mol. The number of nitrogens with zero attached hydrogens (tertiary/aromatic N) is 2. The van der Waals surface area contributed by atoms with Crippen molar-refractivity contribution in [3.63, 3.8) is 0 Å². The maximum atomic E-state index is 6.70. The van der Waals surface area contributed by atoms with Crippen molar-refractivity contribution in [3.8, 4) is 0 Å². The van der Waals surface area contributed by atoms with Crippen LogP contribution < -0.4 is 34.0 Å². The first kappa shape index (κ1) is 36.5. The predicted molar refractivity (Wildman–Crippen MR) is 133 cm³/mol. The summed E-state index contributed by atoms with van der Waals surface area (Å²) in [5, 5.41) is 0. The van der Waals surface area contributed by atoms with Gasteiger partial charge in [0.2, 0.25) is 0 Å². The van der Waals surface area contributed by atoms with Gasteiger partial charge in [0.15, 0.2) is 11.8 Å². The standard InChI is InChI=1S/C27H50N2O2.2BrH.Ni/c1-9-13-26(14-10-2)22(17-20(5)6)28-24(30-26)19-25-29-23(18-21(7)8)27(31-25,15-11-3)16-12-4;;;/h20-23H,9-19H2,1-8H3;2*1H;/q;;;+2/p-2/t22-,23-;;;/m1.../s1. The molecule has 2 rings (SSSR count). The van der Waals surface area contributed by atoms with Crippen molar-refractivity contribution >= 4 is 11.8 Å². The first-order chi connectivity index (χ1) is 14.7. The van der Waals surface area contributed by atoms with E-state index in [-0.39, 0.29) is 73.7 Å². The average molecular weight is 653 g/mol. The Bertz CT molecular complexity index is 562. The second-order valence-electron chi connectivity index (χ2n) is 10.8. The topological polar surface area (TPSA) is 43.2 Å². The van der Waals surface area contributed by atoms with Crippen LogP contribution >= 0.6 is 0 Å². The molecule has 2 aliphatic rings. The smallest absolute Gasteiger partial charge is 1.00 e. The summed E-state index contributed by atoms with van der Waals surface area (Å²) in [5.74, 6) is 2.95. The molecular weight excluding hydrogens is 603 g/mol. The van der Waals surface area contributed by atoms with Crippen molar-refractivity contribution in [2.24, 2.45) is 21.8 Å². The van der Waals surface area contributed by atoms with Gasteiger partial charge in [-0.3, -0.25) is 0 Å². The molecule has 0 spiro atoms. The average Bonchev–Trinajstić information content (AvgIpc) is 3.14. The van der Waals surface area contributed by atoms with Crippen molar-refractivity contribution in [2.45, 2.75) is 149 Å². The first-order valence-corrected chi connectivity index (χ1v) is 13.2. The zero-order valence-corrected chi connectivity index (χ0v) is 27.0. The zero-order valence-electron chi connectivity index (χ0n) is 22.9. The Labute approximate surface area is 241 Å². The summed E-state index contributed by atoms with van der Waals surface area (Å²) in [6.45, 7) is 18.2. The summed E-state index contributed by atoms with van der Waals surface area (Å²) < 4.78 is 13.4. The van der Waals surface area contributed by atoms with Crippen molar-refractivity contribution in [3.05, 3.63) is 0 Å². The Kier molecular flexibility index (Phi) is 18.3. The van der Waals surface area contributed by atoms with Crippen LogP contribution in [0, 0.1) is 11.8 Å². The van der Waals surface area contributed by atoms with E-state index >= 15 is 0 Å². The fourth-order valence-electron chi connectivity index (χ4n) is 5.78. The van der Waals surface area contributed by atoms with E-state index in [1.165, 1.54) is 0 Å². The summed E-state index contributed by atoms with van der Waals surface area (Å²) in [4.78, 5) is 10.3. The van der Waals surface area contributed by atoms with E-state index in [9.17, 15) is 0 Å². The normalized spacial score (nSPS) is 22.2. The molecule has 0 amide bonds. The molecule has 0 N–H and O–H groups in total. The van der Waals surface area contributed by atoms with Gasteiger partial charge in [-0.2, -0.15) is 0 Å². The molecule has 0 aromatic rings. The molecule has 0 radical (unpaired) electrons. The fraction of sp³-hybridized carbons (Fsp3) is 0.926. The molecule has 0 aromatic carbocycles. The summed E-state index contributed by atoms with van der Waals surface area (Å²) in [5.41, 5.74) is -0.271. The zero-order chi connectivity index (χ0) is 23.1. The molecular formula is C27H50Br2N2NiO2. The molecule has 4 nitrogen and oxygen atoms in total. The molecule has 0 saturated heterocycles. The maximum absolute atomic E-state index is 6.70. The van der Waals surface area contributed by atoms with E-state index in [1.807, 2.05) is 0 Å². The number of ether oxygens (including phenoxy) is 2. The van der Waals surface area contributed by atoms with Crippen LogP contribution in [0.2, 0.25) is 0 Å². The van der Waals surface area contributed by atoms with E-state index in [1.54, 1.807) is 0 Å². The summed E-state index contributed by atoms with van der Waals surface area (Å²) >= 11 is 0. The number of rotatable bonds is 14. The van der Waals surface area contributed by atoms with Gasteiger partial charge in [-0.15, -0.1) is 0 Å². The van der Waals surface area contributed by atoms with Crippen LogP contribution in [-0.4, -0.2) is 35.1 Å². The Morgan fingerprint density at radius 3 is 1.18 bits per heavy atom. The second kappa shape index (κ2) is 17.0. The van der Waals surface area contributed by atoms with E-state index in [0.717, 1.165) is 76.0 Å². The molecule has 2 heterocycles. The molecule has 0 bridgehead atoms. The minimum Gasteiger partial charge on any atom is -1.00 e. The minimum atomic E-state index is -0.135. The van der Waals surface area contributed by atoms with Crippen LogP contribution in [0.3, 0.4) is 0 Å². The third-order valence-corrected chi connectivity index (χ3v) is 6.84. The maximum Gasteiger partial charge on any atom is 2.00 e. The summed E-state index contributed by atoms with van der Waals surface area (Å²) in [6.07, 6.45) is 11.6. The number of aliphatic imine (C=N–C) groups is 2. The Hall–Kier alpha value is 0.394. The number of hydrogen-bond acceptors (Lipinski definition) is 4. The molecule has 34 heavy (non-hydrogen) atoms. The van der Waals surface area contributed by atoms with Crippen LogP contribution in [0.25, 0.3) is 0 Å². The summed E-state index contributed by atoms with van der Waals surface area (Å²) in [7, 11) is 0. The third kappa shape index (κ3) is 9.36. The van der Waals surface area contributed by atoms with Crippen molar-refractivity contribution in [1.29, 1.82) is 0 Å². The number of hydrogen-bond donors (Lipinski definition) is 0. The van der Waals surface area contributed by atoms with Crippen molar-refractivity contribution in [1.82, 2.24) is 0 Å². The first-order valence-electron chi connectivity index (χ1n) is 13.2. The van der Waals surface area contributed by atoms with Crippen LogP contribution in [-0.2, 0) is 26.0 Å². The number of halogens is 2. The van der Waals surface area contributed by atoms with E-state index in [0.29, 0.717) is 18.3 Å². The molecule has 0 aromatic heterocycles. The van der Waals surface area contributed by atoms with Crippen LogP contribution in [0.15, 0.2) is 9.98 Å². The van der Waals surface area contributed by atoms with E-state index in [4.69, 9.17) is 19.5 Å². The predicted octanol–water partition coefficient (Wildman–Crippen LogP) is 1.75. The van der Waals surface area contributed by atoms with Crippen molar-refractivity contribution < 1.29 is 59.9 Å². The molecule has 0 unspecified atom stereocenters. The van der Waals surface area contributed by atoms with Gasteiger partial charge < -0.3 is 43.4 Å². The van der Waals surface area contributed by atoms with Gasteiger partial charge in [0.25, 0.3) is 0 Å². The van der Waals surface area contributed by atoms with Gasteiger partial charge in [-0.05, 0) is 50.4 Å². The van der Waals surface area contributed by atoms with E-state index in [2.05, 4.69) is 55.4 Å². The fourth-order valence-corrected chi connectivity index (χ4v) is 5.78. The molecule has 0 fully saturated rings. The summed E-state index contributed by atoms with van der Waals surface area (Å²) in [6, 6.07) is 0.513. The molecule has 7 heteroatoms. The SMILES string of the molecule is CCCC1(CCC)OC(CC2=N[C@H](CC(C)C)C(CCC)(CCC)O2)=N[C@@H]1CC(C)C.[Br-].[Br-].[Ni+2]. The molecule has 2 atom stereocenters. The molecule has 0 aliphatic carbocycles. The van der Waals surface area contributed by atoms with Crippen LogP contribution in [0.1, 0.15) is 126 Å². The van der Waals surface area contributed by atoms with Crippen LogP contribution in [0.5, 0.6) is 0 Å². The second-order valence-corrected chi connectivity index (χ2v) is 10.8. The van der Waals surface area contributed by atoms with Crippen molar-refractivity contribution in [2.75, 3.05) is 0 Å². The minimum absolute atomic E-state index is 0. The molecule has 204 valence electrons. The Balaban J connectivity index is 0. The largest absolute Gasteiger partial charge is 2.00 e. The van der Waals surface area contributed by atoms with Gasteiger partial charge in [0, 0.05) is 0 Å². The Morgan fingerprint density at radius 1 is 0.647 bits per heavy atom. The van der Waals surface area contributed by atoms with Gasteiger partial charge in [-0.25, -0.2) is 9.98 Å².